The highest BCUT2D eigenvalue weighted by molar-refractivity contribution is 14.1. The zero-order valence-corrected chi connectivity index (χ0v) is 25.8. The number of benzene rings is 2. The van der Waals surface area contributed by atoms with Gasteiger partial charge in [0, 0.05) is 28.2 Å². The van der Waals surface area contributed by atoms with E-state index in [-0.39, 0.29) is 45.8 Å². The van der Waals surface area contributed by atoms with Gasteiger partial charge in [0.15, 0.2) is 23.1 Å². The number of Topliss-reactive ketones (excluding diaryl/α,β-unsaturated/α-hetero) is 1. The molecule has 40 heavy (non-hydrogen) atoms. The summed E-state index contributed by atoms with van der Waals surface area (Å²) in [5.41, 5.74) is 3.43. The summed E-state index contributed by atoms with van der Waals surface area (Å²) in [6, 6.07) is 8.53. The van der Waals surface area contributed by atoms with Gasteiger partial charge in [-0.05, 0) is 99.6 Å². The third-order valence-corrected chi connectivity index (χ3v) is 10.2. The molecule has 2 amide bonds. The van der Waals surface area contributed by atoms with Crippen LogP contribution in [0.4, 0.5) is 5.69 Å². The fraction of sp³-hybridized carbons (Fsp3) is 0.267. The number of methoxy groups -OCH3 is 1. The van der Waals surface area contributed by atoms with E-state index in [1.54, 1.807) is 30.3 Å². The number of carbonyl (C=O) groups is 4. The molecule has 4 unspecified atom stereocenters. The van der Waals surface area contributed by atoms with Crippen molar-refractivity contribution >= 4 is 79.2 Å². The Morgan fingerprint density at radius 3 is 2.55 bits per heavy atom. The highest BCUT2D eigenvalue weighted by Crippen LogP contribution is 2.56. The van der Waals surface area contributed by atoms with Gasteiger partial charge in [-0.2, -0.15) is 0 Å². The molecule has 0 radical (unpaired) electrons. The Bertz CT molecular complexity index is 1660. The number of nitrogens with zero attached hydrogens (tertiary/aromatic N) is 1. The van der Waals surface area contributed by atoms with Gasteiger partial charge in [0.1, 0.15) is 0 Å². The Morgan fingerprint density at radius 2 is 1.85 bits per heavy atom. The Labute approximate surface area is 257 Å². The summed E-state index contributed by atoms with van der Waals surface area (Å²) in [5, 5.41) is 10.9. The second-order valence-electron chi connectivity index (χ2n) is 10.4. The average molecular weight is 735 g/mol. The predicted molar refractivity (Wildman–Crippen MR) is 161 cm³/mol. The number of phenols is 1. The number of allylic oxidation sites excluding steroid dienone is 6. The maximum Gasteiger partial charge on any atom is 0.238 e. The van der Waals surface area contributed by atoms with Crippen molar-refractivity contribution in [3.63, 3.8) is 0 Å². The first-order valence-corrected chi connectivity index (χ1v) is 14.9. The number of fused-ring (bicyclic) bond motifs is 3. The van der Waals surface area contributed by atoms with E-state index in [9.17, 15) is 24.3 Å². The molecule has 2 aromatic carbocycles. The lowest BCUT2D eigenvalue weighted by molar-refractivity contribution is -0.123. The van der Waals surface area contributed by atoms with E-state index in [2.05, 4.69) is 15.9 Å². The summed E-state index contributed by atoms with van der Waals surface area (Å²) in [6.45, 7) is 1.84. The normalized spacial score (nSPS) is 25.9. The van der Waals surface area contributed by atoms with Crippen LogP contribution in [0.25, 0.3) is 0 Å². The first-order chi connectivity index (χ1) is 19.0. The second kappa shape index (κ2) is 9.95. The molecule has 0 bridgehead atoms. The van der Waals surface area contributed by atoms with E-state index in [0.29, 0.717) is 37.4 Å². The van der Waals surface area contributed by atoms with Gasteiger partial charge in [0.2, 0.25) is 11.8 Å². The highest BCUT2D eigenvalue weighted by Gasteiger charge is 2.56. The lowest BCUT2D eigenvalue weighted by Gasteiger charge is -2.42. The summed E-state index contributed by atoms with van der Waals surface area (Å²) in [4.78, 5) is 55.7. The van der Waals surface area contributed by atoms with E-state index in [0.717, 1.165) is 11.1 Å². The summed E-state index contributed by atoms with van der Waals surface area (Å²) in [7, 11) is 1.44. The third kappa shape index (κ3) is 4.03. The molecule has 0 saturated carbocycles. The van der Waals surface area contributed by atoms with Crippen molar-refractivity contribution in [3.8, 4) is 11.5 Å². The van der Waals surface area contributed by atoms with Crippen molar-refractivity contribution in [1.82, 2.24) is 0 Å². The zero-order chi connectivity index (χ0) is 28.6. The van der Waals surface area contributed by atoms with Crippen molar-refractivity contribution in [2.45, 2.75) is 25.7 Å². The Kier molecular flexibility index (Phi) is 6.82. The van der Waals surface area contributed by atoms with Crippen molar-refractivity contribution < 1.29 is 29.0 Å². The number of ether oxygens (including phenoxy) is 1. The van der Waals surface area contributed by atoms with Gasteiger partial charge < -0.3 is 9.84 Å². The summed E-state index contributed by atoms with van der Waals surface area (Å²) < 4.78 is 6.08. The Balaban J connectivity index is 1.50. The summed E-state index contributed by atoms with van der Waals surface area (Å²) in [6.07, 6.45) is 3.73. The number of ketones is 2. The van der Waals surface area contributed by atoms with Crippen molar-refractivity contribution in [2.24, 2.45) is 17.8 Å². The van der Waals surface area contributed by atoms with Crippen LogP contribution in [0.15, 0.2) is 63.7 Å². The second-order valence-corrected chi connectivity index (χ2v) is 12.8. The lowest BCUT2D eigenvalue weighted by atomic mass is 9.59. The van der Waals surface area contributed by atoms with Crippen LogP contribution in [0.1, 0.15) is 29.9 Å². The average Bonchev–Trinajstić information content (AvgIpc) is 3.18. The number of anilines is 1. The minimum Gasteiger partial charge on any atom is -0.504 e. The molecule has 1 saturated heterocycles. The number of hydrogen-bond donors (Lipinski definition) is 1. The quantitative estimate of drug-likeness (QED) is 0.182. The molecule has 1 aliphatic heterocycles. The third-order valence-electron chi connectivity index (χ3n) is 8.35. The van der Waals surface area contributed by atoms with Crippen LogP contribution in [-0.4, -0.2) is 35.6 Å². The van der Waals surface area contributed by atoms with E-state index in [4.69, 9.17) is 16.3 Å². The van der Waals surface area contributed by atoms with E-state index >= 15 is 0 Å². The van der Waals surface area contributed by atoms with Gasteiger partial charge >= 0.3 is 0 Å². The van der Waals surface area contributed by atoms with E-state index < -0.39 is 23.7 Å². The van der Waals surface area contributed by atoms with Crippen LogP contribution >= 0.6 is 50.1 Å². The molecule has 0 spiro atoms. The van der Waals surface area contributed by atoms with Crippen molar-refractivity contribution in [3.05, 3.63) is 83.4 Å². The first-order valence-electron chi connectivity index (χ1n) is 12.6. The van der Waals surface area contributed by atoms with Gasteiger partial charge in [0.05, 0.1) is 32.7 Å². The molecule has 1 fully saturated rings. The minimum atomic E-state index is -0.699. The largest absolute Gasteiger partial charge is 0.504 e. The molecule has 4 aliphatic rings. The summed E-state index contributed by atoms with van der Waals surface area (Å²) in [5.74, 6) is -3.43. The molecule has 2 aromatic rings. The Hall–Kier alpha value is -2.76. The van der Waals surface area contributed by atoms with Crippen LogP contribution in [0, 0.1) is 28.2 Å². The van der Waals surface area contributed by atoms with Gasteiger partial charge in [-0.1, -0.05) is 29.3 Å². The molecule has 3 aliphatic carbocycles. The molecule has 4 atom stereocenters. The molecule has 1 N–H and O–H groups in total. The molecule has 0 aromatic heterocycles. The molecule has 204 valence electrons. The molecular formula is C30H22BrClINO6. The van der Waals surface area contributed by atoms with Gasteiger partial charge in [-0.25, -0.2) is 4.90 Å². The Morgan fingerprint density at radius 1 is 1.10 bits per heavy atom. The SMILES string of the molecule is COc1cc(C2C3=CCC4C(=O)N(c5ccc(C)c(Cl)c5)C(=O)C4C3CC3=C2C(=O)C=C(Br)C3=O)cc(I)c1O. The van der Waals surface area contributed by atoms with Crippen molar-refractivity contribution in [2.75, 3.05) is 12.0 Å². The fourth-order valence-corrected chi connectivity index (χ4v) is 7.72. The number of imide groups is 1. The van der Waals surface area contributed by atoms with Crippen LogP contribution in [-0.2, 0) is 19.2 Å². The molecule has 7 nitrogen and oxygen atoms in total. The van der Waals surface area contributed by atoms with Gasteiger partial charge in [-0.15, -0.1) is 0 Å². The maximum absolute atomic E-state index is 14.0. The number of aryl methyl sites for hydroxylation is 1. The number of amides is 2. The van der Waals surface area contributed by atoms with Crippen LogP contribution in [0.3, 0.4) is 0 Å². The van der Waals surface area contributed by atoms with Gasteiger partial charge in [0.25, 0.3) is 0 Å². The van der Waals surface area contributed by atoms with Crippen LogP contribution in [0.5, 0.6) is 11.5 Å². The monoisotopic (exact) mass is 733 g/mol. The molecule has 10 heteroatoms. The van der Waals surface area contributed by atoms with Crippen LogP contribution in [0.2, 0.25) is 5.02 Å². The van der Waals surface area contributed by atoms with E-state index in [1.165, 1.54) is 18.1 Å². The zero-order valence-electron chi connectivity index (χ0n) is 21.3. The predicted octanol–water partition coefficient (Wildman–Crippen LogP) is 5.93. The number of phenolic OH excluding ortho intramolecular Hbond substituents is 1. The van der Waals surface area contributed by atoms with Crippen LogP contribution < -0.4 is 9.64 Å². The highest BCUT2D eigenvalue weighted by atomic mass is 127. The van der Waals surface area contributed by atoms with E-state index in [1.807, 2.05) is 35.6 Å². The topological polar surface area (TPSA) is 101 Å². The summed E-state index contributed by atoms with van der Waals surface area (Å²) >= 11 is 11.6. The first kappa shape index (κ1) is 27.4. The lowest BCUT2D eigenvalue weighted by Crippen LogP contribution is -2.39. The van der Waals surface area contributed by atoms with Gasteiger partial charge in [-0.3, -0.25) is 19.2 Å². The fourth-order valence-electron chi connectivity index (χ4n) is 6.48. The number of rotatable bonds is 3. The van der Waals surface area contributed by atoms with Crippen molar-refractivity contribution in [1.29, 1.82) is 0 Å². The number of hydrogen-bond acceptors (Lipinski definition) is 6. The standard InChI is InChI=1S/C30H22BrClINO6/c1-12-3-4-14(9-20(12)32)34-29(38)16-6-5-15-17(25(16)30(34)39)10-18-26(22(35)11-19(31)27(18)36)24(15)13-7-21(33)28(37)23(8-13)40-2/h3-5,7-9,11,16-17,24-25,37H,6,10H2,1-2H3. The molecule has 6 rings (SSSR count). The minimum absolute atomic E-state index is 0.0243. The molecular weight excluding hydrogens is 713 g/mol. The number of carbonyl (C=O) groups excluding carboxylic acids is 4. The number of aromatic hydroxyl groups is 1. The smallest absolute Gasteiger partial charge is 0.238 e. The molecule has 1 heterocycles. The maximum atomic E-state index is 14.0. The number of halogens is 3.